The average Bonchev–Trinajstić information content (AvgIpc) is 2.21. The Kier molecular flexibility index (Phi) is 6.73. The summed E-state index contributed by atoms with van der Waals surface area (Å²) in [6.07, 6.45) is -0.710. The largest absolute Gasteiger partial charge is 0.432 e. The minimum Gasteiger partial charge on any atom is -0.432 e. The quantitative estimate of drug-likeness (QED) is 0.174. The molecule has 0 amide bonds. The summed E-state index contributed by atoms with van der Waals surface area (Å²) in [6, 6.07) is 1.61. The number of nitriles is 1. The van der Waals surface area contributed by atoms with Gasteiger partial charge >= 0.3 is 5.97 Å². The predicted molar refractivity (Wildman–Crippen MR) is 65.6 cm³/mol. The molecule has 5 nitrogen and oxygen atoms in total. The van der Waals surface area contributed by atoms with Crippen LogP contribution in [0.5, 0.6) is 0 Å². The maximum Gasteiger partial charge on any atom is 0.350 e. The van der Waals surface area contributed by atoms with Crippen LogP contribution in [0.4, 0.5) is 0 Å². The second kappa shape index (κ2) is 7.22. The standard InChI is InChI=1S/C11H19NO4Si/c1-9(8-12)11(13)16-10(2)14-6-7-15-17(3,4)5/h10H,1,6-7H2,2-5H3. The molecule has 0 aliphatic heterocycles. The number of ether oxygens (including phenoxy) is 2. The summed E-state index contributed by atoms with van der Waals surface area (Å²) >= 11 is 0. The summed E-state index contributed by atoms with van der Waals surface area (Å²) in [5, 5.41) is 8.42. The van der Waals surface area contributed by atoms with Crippen molar-refractivity contribution in [3.63, 3.8) is 0 Å². The number of esters is 1. The molecule has 1 atom stereocenters. The molecule has 0 N–H and O–H groups in total. The molecule has 1 unspecified atom stereocenters. The molecule has 17 heavy (non-hydrogen) atoms. The van der Waals surface area contributed by atoms with Gasteiger partial charge < -0.3 is 13.9 Å². The van der Waals surface area contributed by atoms with Crippen molar-refractivity contribution >= 4 is 14.3 Å². The minimum absolute atomic E-state index is 0.237. The molecule has 0 radical (unpaired) electrons. The molecule has 0 bridgehead atoms. The SMILES string of the molecule is C=C(C#N)C(=O)OC(C)OCCO[Si](C)(C)C. The fourth-order valence-corrected chi connectivity index (χ4v) is 1.56. The summed E-state index contributed by atoms with van der Waals surface area (Å²) in [7, 11) is -1.53. The molecule has 0 aromatic heterocycles. The lowest BCUT2D eigenvalue weighted by molar-refractivity contribution is -0.170. The highest BCUT2D eigenvalue weighted by Gasteiger charge is 2.15. The second-order valence-electron chi connectivity index (χ2n) is 4.39. The topological polar surface area (TPSA) is 68.6 Å². The zero-order valence-corrected chi connectivity index (χ0v) is 11.8. The number of nitrogens with zero attached hydrogens (tertiary/aromatic N) is 1. The van der Waals surface area contributed by atoms with Crippen LogP contribution >= 0.6 is 0 Å². The Bertz CT molecular complexity index is 316. The first-order valence-electron chi connectivity index (χ1n) is 5.32. The van der Waals surface area contributed by atoms with Gasteiger partial charge in [-0.05, 0) is 26.6 Å². The van der Waals surface area contributed by atoms with E-state index in [2.05, 4.69) is 26.2 Å². The molecule has 0 saturated carbocycles. The Hall–Kier alpha value is -1.16. The molecule has 0 rings (SSSR count). The van der Waals surface area contributed by atoms with E-state index in [0.717, 1.165) is 0 Å². The van der Waals surface area contributed by atoms with Crippen molar-refractivity contribution in [3.05, 3.63) is 12.2 Å². The van der Waals surface area contributed by atoms with Crippen LogP contribution in [0.1, 0.15) is 6.92 Å². The van der Waals surface area contributed by atoms with Crippen LogP contribution in [0.25, 0.3) is 0 Å². The molecule has 0 aromatic carbocycles. The Balaban J connectivity index is 3.75. The molecule has 0 aliphatic carbocycles. The van der Waals surface area contributed by atoms with Crippen molar-refractivity contribution in [1.29, 1.82) is 5.26 Å². The van der Waals surface area contributed by atoms with Crippen molar-refractivity contribution in [1.82, 2.24) is 0 Å². The van der Waals surface area contributed by atoms with Crippen molar-refractivity contribution < 1.29 is 18.7 Å². The first-order valence-corrected chi connectivity index (χ1v) is 8.72. The number of carbonyl (C=O) groups excluding carboxylic acids is 1. The lowest BCUT2D eigenvalue weighted by Gasteiger charge is -2.18. The highest BCUT2D eigenvalue weighted by Crippen LogP contribution is 2.03. The van der Waals surface area contributed by atoms with Gasteiger partial charge in [-0.15, -0.1) is 0 Å². The Morgan fingerprint density at radius 1 is 1.41 bits per heavy atom. The Morgan fingerprint density at radius 3 is 2.47 bits per heavy atom. The van der Waals surface area contributed by atoms with E-state index in [1.54, 1.807) is 13.0 Å². The van der Waals surface area contributed by atoms with E-state index >= 15 is 0 Å². The fraction of sp³-hybridized carbons (Fsp3) is 0.636. The van der Waals surface area contributed by atoms with E-state index in [1.165, 1.54) is 0 Å². The van der Waals surface area contributed by atoms with Crippen LogP contribution < -0.4 is 0 Å². The van der Waals surface area contributed by atoms with Gasteiger partial charge in [0.15, 0.2) is 8.32 Å². The van der Waals surface area contributed by atoms with Crippen LogP contribution in [0.15, 0.2) is 12.2 Å². The van der Waals surface area contributed by atoms with Gasteiger partial charge in [-0.3, -0.25) is 0 Å². The van der Waals surface area contributed by atoms with E-state index in [-0.39, 0.29) is 5.57 Å². The average molecular weight is 257 g/mol. The third-order valence-electron chi connectivity index (χ3n) is 1.63. The molecule has 0 saturated heterocycles. The smallest absolute Gasteiger partial charge is 0.350 e. The van der Waals surface area contributed by atoms with Gasteiger partial charge in [0.2, 0.25) is 6.29 Å². The van der Waals surface area contributed by atoms with Crippen molar-refractivity contribution in [2.24, 2.45) is 0 Å². The maximum atomic E-state index is 11.1. The lowest BCUT2D eigenvalue weighted by atomic mass is 10.3. The van der Waals surface area contributed by atoms with E-state index in [4.69, 9.17) is 19.2 Å². The lowest BCUT2D eigenvalue weighted by Crippen LogP contribution is -2.28. The maximum absolute atomic E-state index is 11.1. The first-order chi connectivity index (χ1) is 7.76. The third kappa shape index (κ3) is 8.62. The molecule has 6 heteroatoms. The molecular formula is C11H19NO4Si. The van der Waals surface area contributed by atoms with Gasteiger partial charge in [-0.25, -0.2) is 4.79 Å². The number of hydrogen-bond donors (Lipinski definition) is 0. The van der Waals surface area contributed by atoms with Crippen LogP contribution in [0, 0.1) is 11.3 Å². The van der Waals surface area contributed by atoms with Crippen molar-refractivity contribution in [2.75, 3.05) is 13.2 Å². The predicted octanol–water partition coefficient (Wildman–Crippen LogP) is 1.82. The highest BCUT2D eigenvalue weighted by molar-refractivity contribution is 6.69. The minimum atomic E-state index is -1.53. The van der Waals surface area contributed by atoms with Gasteiger partial charge in [-0.1, -0.05) is 6.58 Å². The van der Waals surface area contributed by atoms with Crippen LogP contribution in [-0.2, 0) is 18.7 Å². The van der Waals surface area contributed by atoms with E-state index < -0.39 is 20.6 Å². The summed E-state index contributed by atoms with van der Waals surface area (Å²) in [5.74, 6) is -0.758. The number of hydrogen-bond acceptors (Lipinski definition) is 5. The van der Waals surface area contributed by atoms with Gasteiger partial charge in [-0.2, -0.15) is 5.26 Å². The normalized spacial score (nSPS) is 12.6. The molecule has 0 fully saturated rings. The summed E-state index contributed by atoms with van der Waals surface area (Å²) in [6.45, 7) is 11.9. The van der Waals surface area contributed by atoms with Gasteiger partial charge in [0.05, 0.1) is 13.2 Å². The van der Waals surface area contributed by atoms with Crippen LogP contribution in [0.2, 0.25) is 19.6 Å². The number of rotatable bonds is 7. The number of carbonyl (C=O) groups is 1. The zero-order chi connectivity index (χ0) is 13.5. The summed E-state index contributed by atoms with van der Waals surface area (Å²) < 4.78 is 15.6. The molecule has 0 aliphatic rings. The van der Waals surface area contributed by atoms with E-state index in [0.29, 0.717) is 13.2 Å². The summed E-state index contributed by atoms with van der Waals surface area (Å²) in [4.78, 5) is 11.1. The molecule has 0 spiro atoms. The fourth-order valence-electron chi connectivity index (χ4n) is 0.863. The first kappa shape index (κ1) is 15.8. The highest BCUT2D eigenvalue weighted by atomic mass is 28.4. The Labute approximate surface area is 103 Å². The van der Waals surface area contributed by atoms with E-state index in [1.807, 2.05) is 0 Å². The van der Waals surface area contributed by atoms with Crippen LogP contribution in [-0.4, -0.2) is 33.8 Å². The second-order valence-corrected chi connectivity index (χ2v) is 8.91. The molecular weight excluding hydrogens is 238 g/mol. The molecule has 0 aromatic rings. The van der Waals surface area contributed by atoms with Gasteiger partial charge in [0.25, 0.3) is 0 Å². The van der Waals surface area contributed by atoms with Gasteiger partial charge in [0.1, 0.15) is 11.6 Å². The van der Waals surface area contributed by atoms with Crippen molar-refractivity contribution in [3.8, 4) is 6.07 Å². The van der Waals surface area contributed by atoms with Crippen LogP contribution in [0.3, 0.4) is 0 Å². The molecule has 0 heterocycles. The molecule has 96 valence electrons. The van der Waals surface area contributed by atoms with Gasteiger partial charge in [0, 0.05) is 0 Å². The van der Waals surface area contributed by atoms with Crippen molar-refractivity contribution in [2.45, 2.75) is 32.9 Å². The Morgan fingerprint density at radius 2 is 2.00 bits per heavy atom. The zero-order valence-electron chi connectivity index (χ0n) is 10.8. The third-order valence-corrected chi connectivity index (χ3v) is 2.70. The monoisotopic (exact) mass is 257 g/mol. The van der Waals surface area contributed by atoms with E-state index in [9.17, 15) is 4.79 Å². The summed E-state index contributed by atoms with van der Waals surface area (Å²) in [5.41, 5.74) is -0.237.